The monoisotopic (exact) mass is 546 g/mol. The summed E-state index contributed by atoms with van der Waals surface area (Å²) < 4.78 is 46.9. The Bertz CT molecular complexity index is 1470. The van der Waals surface area contributed by atoms with E-state index in [-0.39, 0.29) is 23.7 Å². The number of ether oxygens (including phenoxy) is 1. The van der Waals surface area contributed by atoms with Crippen molar-refractivity contribution >= 4 is 40.4 Å². The number of thiazole rings is 1. The van der Waals surface area contributed by atoms with E-state index in [1.54, 1.807) is 17.7 Å². The van der Waals surface area contributed by atoms with E-state index >= 15 is 0 Å². The molecule has 3 aliphatic heterocycles. The molecule has 1 aromatic carbocycles. The normalized spacial score (nSPS) is 24.9. The van der Waals surface area contributed by atoms with Crippen LogP contribution in [0.2, 0.25) is 5.02 Å². The Labute approximate surface area is 217 Å². The van der Waals surface area contributed by atoms with Crippen molar-refractivity contribution in [3.63, 3.8) is 0 Å². The van der Waals surface area contributed by atoms with E-state index in [0.29, 0.717) is 32.4 Å². The Morgan fingerprint density at radius 1 is 1.35 bits per heavy atom. The minimum atomic E-state index is -2.84. The van der Waals surface area contributed by atoms with Gasteiger partial charge in [-0.05, 0) is 24.3 Å². The van der Waals surface area contributed by atoms with Gasteiger partial charge in [0.05, 0.1) is 12.2 Å². The summed E-state index contributed by atoms with van der Waals surface area (Å²) in [6, 6.07) is 4.62. The van der Waals surface area contributed by atoms with E-state index in [1.807, 2.05) is 4.90 Å². The van der Waals surface area contributed by atoms with E-state index < -0.39 is 36.1 Å². The number of fused-ring (bicyclic) bond motifs is 1. The molecule has 13 heteroatoms. The smallest absolute Gasteiger partial charge is 0.408 e. The zero-order valence-electron chi connectivity index (χ0n) is 18.9. The van der Waals surface area contributed by atoms with E-state index in [2.05, 4.69) is 22.0 Å². The average Bonchev–Trinajstić information content (AvgIpc) is 3.65. The largest absolute Gasteiger partial charge is 0.439 e. The molecule has 2 saturated heterocycles. The molecule has 6 rings (SSSR count). The quantitative estimate of drug-likeness (QED) is 0.446. The standard InChI is InChI=1S/C24H18ClF3N6O2S/c1-2-17-24(31-23(35)36-17)10-16-18(15-5-7-34(32-15)22(27)28)19(13-4-3-12(26)9-14(13)25)30-20(33(16)11-24)21-29-6-8-37-21/h2-9,17,19,22H,1,10-11H2,(H,31,35)/t17?,19-,24-/m0/s1. The van der Waals surface area contributed by atoms with Crippen molar-refractivity contribution in [1.82, 2.24) is 25.0 Å². The third-order valence-electron chi connectivity index (χ3n) is 6.65. The number of hydrogen-bond donors (Lipinski definition) is 1. The van der Waals surface area contributed by atoms with Gasteiger partial charge in [0, 0.05) is 46.1 Å². The molecule has 0 bridgehead atoms. The number of alkyl carbamates (subject to hydrolysis) is 1. The molecule has 190 valence electrons. The van der Waals surface area contributed by atoms with Crippen molar-refractivity contribution in [1.29, 1.82) is 0 Å². The lowest BCUT2D eigenvalue weighted by Crippen LogP contribution is -2.50. The summed E-state index contributed by atoms with van der Waals surface area (Å²) in [6.07, 6.45) is 3.41. The second-order valence-corrected chi connectivity index (χ2v) is 10.1. The van der Waals surface area contributed by atoms with Crippen LogP contribution >= 0.6 is 22.9 Å². The van der Waals surface area contributed by atoms with Crippen LogP contribution in [0.25, 0.3) is 5.57 Å². The molecule has 8 nitrogen and oxygen atoms in total. The predicted octanol–water partition coefficient (Wildman–Crippen LogP) is 5.18. The van der Waals surface area contributed by atoms with E-state index in [0.717, 1.165) is 0 Å². The number of benzene rings is 1. The topological polar surface area (TPSA) is 84.6 Å². The summed E-state index contributed by atoms with van der Waals surface area (Å²) in [5.74, 6) is -0.0146. The number of amides is 1. The molecule has 2 fully saturated rings. The third-order valence-corrected chi connectivity index (χ3v) is 7.75. The highest BCUT2D eigenvalue weighted by Crippen LogP contribution is 2.49. The number of hydrogen-bond acceptors (Lipinski definition) is 7. The number of carbonyl (C=O) groups excluding carboxylic acids is 1. The predicted molar refractivity (Wildman–Crippen MR) is 131 cm³/mol. The molecule has 0 aliphatic carbocycles. The number of carbonyl (C=O) groups is 1. The van der Waals surface area contributed by atoms with Gasteiger partial charge in [-0.15, -0.1) is 11.3 Å². The van der Waals surface area contributed by atoms with Crippen LogP contribution in [0.4, 0.5) is 18.0 Å². The molecule has 2 aromatic heterocycles. The molecule has 0 radical (unpaired) electrons. The summed E-state index contributed by atoms with van der Waals surface area (Å²) in [4.78, 5) is 23.6. The van der Waals surface area contributed by atoms with Crippen molar-refractivity contribution in [3.05, 3.63) is 87.5 Å². The number of nitrogens with zero attached hydrogens (tertiary/aromatic N) is 5. The van der Waals surface area contributed by atoms with Crippen LogP contribution in [-0.4, -0.2) is 49.8 Å². The van der Waals surface area contributed by atoms with Crippen molar-refractivity contribution in [2.75, 3.05) is 6.54 Å². The zero-order chi connectivity index (χ0) is 25.9. The van der Waals surface area contributed by atoms with Crippen molar-refractivity contribution in [2.45, 2.75) is 30.7 Å². The SMILES string of the molecule is C=CC1OC(=O)N[C@]12CC1=C(c3ccn(C(F)F)n3)[C@H](c3ccc(F)cc3Cl)N=C(c3nccs3)N1C2. The van der Waals surface area contributed by atoms with Gasteiger partial charge in [-0.3, -0.25) is 4.99 Å². The van der Waals surface area contributed by atoms with Gasteiger partial charge in [-0.25, -0.2) is 18.9 Å². The molecule has 5 heterocycles. The Hall–Kier alpha value is -3.64. The number of alkyl halides is 2. The second-order valence-electron chi connectivity index (χ2n) is 8.78. The van der Waals surface area contributed by atoms with Gasteiger partial charge in [0.2, 0.25) is 0 Å². The van der Waals surface area contributed by atoms with Crippen molar-refractivity contribution in [2.24, 2.45) is 4.99 Å². The zero-order valence-corrected chi connectivity index (χ0v) is 20.5. The van der Waals surface area contributed by atoms with Crippen LogP contribution in [0.15, 0.2) is 65.4 Å². The summed E-state index contributed by atoms with van der Waals surface area (Å²) in [6.45, 7) is 1.25. The summed E-state index contributed by atoms with van der Waals surface area (Å²) >= 11 is 7.85. The molecular weight excluding hydrogens is 529 g/mol. The Balaban J connectivity index is 1.60. The number of nitrogens with one attached hydrogen (secondary N) is 1. The summed E-state index contributed by atoms with van der Waals surface area (Å²) in [5.41, 5.74) is 1.03. The maximum absolute atomic E-state index is 13.9. The molecule has 1 unspecified atom stereocenters. The van der Waals surface area contributed by atoms with Gasteiger partial charge in [0.15, 0.2) is 10.8 Å². The molecule has 3 aliphatic rings. The van der Waals surface area contributed by atoms with Crippen LogP contribution in [-0.2, 0) is 4.74 Å². The molecule has 0 saturated carbocycles. The molecule has 1 N–H and O–H groups in total. The Morgan fingerprint density at radius 2 is 2.19 bits per heavy atom. The Morgan fingerprint density at radius 3 is 2.86 bits per heavy atom. The van der Waals surface area contributed by atoms with Crippen molar-refractivity contribution in [3.8, 4) is 0 Å². The highest BCUT2D eigenvalue weighted by Gasteiger charge is 2.56. The van der Waals surface area contributed by atoms with Gasteiger partial charge in [-0.1, -0.05) is 24.2 Å². The fourth-order valence-corrected chi connectivity index (χ4v) is 6.01. The lowest BCUT2D eigenvalue weighted by molar-refractivity contribution is 0.0564. The Kier molecular flexibility index (Phi) is 5.60. The first-order chi connectivity index (χ1) is 17.8. The van der Waals surface area contributed by atoms with E-state index in [1.165, 1.54) is 41.8 Å². The van der Waals surface area contributed by atoms with Crippen LogP contribution < -0.4 is 5.32 Å². The molecule has 1 amide bonds. The molecule has 3 aromatic rings. The summed E-state index contributed by atoms with van der Waals surface area (Å²) in [5, 5.41) is 9.58. The number of rotatable bonds is 5. The first-order valence-corrected chi connectivity index (χ1v) is 12.4. The highest BCUT2D eigenvalue weighted by molar-refractivity contribution is 7.11. The number of aliphatic imine (C=N–C) groups is 1. The maximum Gasteiger partial charge on any atom is 0.408 e. The van der Waals surface area contributed by atoms with Gasteiger partial charge in [0.1, 0.15) is 23.5 Å². The van der Waals surface area contributed by atoms with Gasteiger partial charge in [-0.2, -0.15) is 13.9 Å². The number of amidine groups is 1. The van der Waals surface area contributed by atoms with Crippen LogP contribution in [0.5, 0.6) is 0 Å². The van der Waals surface area contributed by atoms with Crippen LogP contribution in [0, 0.1) is 5.82 Å². The van der Waals surface area contributed by atoms with E-state index in [4.69, 9.17) is 21.3 Å². The number of halogens is 4. The minimum absolute atomic E-state index is 0.126. The fraction of sp³-hybridized carbons (Fsp3) is 0.250. The summed E-state index contributed by atoms with van der Waals surface area (Å²) in [7, 11) is 0. The van der Waals surface area contributed by atoms with Crippen LogP contribution in [0.1, 0.15) is 35.3 Å². The lowest BCUT2D eigenvalue weighted by Gasteiger charge is -2.32. The van der Waals surface area contributed by atoms with Gasteiger partial charge in [0.25, 0.3) is 0 Å². The number of cyclic esters (lactones) is 1. The molecule has 3 atom stereocenters. The van der Waals surface area contributed by atoms with E-state index in [9.17, 15) is 18.0 Å². The minimum Gasteiger partial charge on any atom is -0.439 e. The highest BCUT2D eigenvalue weighted by atomic mass is 35.5. The maximum atomic E-state index is 13.9. The molecule has 37 heavy (non-hydrogen) atoms. The van der Waals surface area contributed by atoms with Gasteiger partial charge < -0.3 is 15.0 Å². The third kappa shape index (κ3) is 3.82. The first kappa shape index (κ1) is 23.7. The van der Waals surface area contributed by atoms with Crippen molar-refractivity contribution < 1.29 is 22.7 Å². The lowest BCUT2D eigenvalue weighted by atomic mass is 9.87. The van der Waals surface area contributed by atoms with Crippen LogP contribution in [0.3, 0.4) is 0 Å². The second kappa shape index (κ2) is 8.73. The average molecular weight is 547 g/mol. The molecule has 1 spiro atoms. The molecular formula is C24H18ClF3N6O2S. The fourth-order valence-electron chi connectivity index (χ4n) is 5.10. The first-order valence-electron chi connectivity index (χ1n) is 11.2. The number of aromatic nitrogens is 3. The van der Waals surface area contributed by atoms with Gasteiger partial charge >= 0.3 is 12.6 Å².